The number of nitrogens with zero attached hydrogens (tertiary/aromatic N) is 3. The zero-order valence-electron chi connectivity index (χ0n) is 19.6. The normalized spacial score (nSPS) is 11.5. The van der Waals surface area contributed by atoms with E-state index < -0.39 is 0 Å². The third-order valence-corrected chi connectivity index (χ3v) is 5.50. The van der Waals surface area contributed by atoms with Gasteiger partial charge in [-0.25, -0.2) is 4.98 Å². The van der Waals surface area contributed by atoms with Crippen molar-refractivity contribution in [2.24, 2.45) is 0 Å². The van der Waals surface area contributed by atoms with Gasteiger partial charge < -0.3 is 20.4 Å². The molecule has 0 bridgehead atoms. The second-order valence-corrected chi connectivity index (χ2v) is 8.41. The maximum Gasteiger partial charge on any atom is 0.250 e. The first kappa shape index (κ1) is 23.6. The molecule has 0 aliphatic rings. The summed E-state index contributed by atoms with van der Waals surface area (Å²) in [6.45, 7) is 4.53. The third kappa shape index (κ3) is 5.89. The Morgan fingerprint density at radius 1 is 1.06 bits per heavy atom. The molecule has 3 N–H and O–H groups in total. The number of allylic oxidation sites excluding steroid dienone is 1. The van der Waals surface area contributed by atoms with Crippen LogP contribution in [0.5, 0.6) is 0 Å². The molecule has 0 spiro atoms. The van der Waals surface area contributed by atoms with E-state index in [1.807, 2.05) is 68.4 Å². The van der Waals surface area contributed by atoms with E-state index in [1.165, 1.54) is 18.3 Å². The topological polar surface area (TPSA) is 104 Å². The van der Waals surface area contributed by atoms with Crippen LogP contribution in [0.3, 0.4) is 0 Å². The SMILES string of the molecule is CC(C)n1cc(-c2cncc(/C(O)=C/C(=N)c3ccc(CNc4ccccc4)cc3)n2)ccc1=O. The van der Waals surface area contributed by atoms with Crippen LogP contribution in [0.1, 0.15) is 36.7 Å². The van der Waals surface area contributed by atoms with Gasteiger partial charge in [-0.05, 0) is 43.2 Å². The number of anilines is 1. The molecule has 0 unspecified atom stereocenters. The number of hydrogen-bond donors (Lipinski definition) is 3. The van der Waals surface area contributed by atoms with Crippen LogP contribution in [0.25, 0.3) is 17.0 Å². The van der Waals surface area contributed by atoms with Crippen molar-refractivity contribution in [3.63, 3.8) is 0 Å². The fourth-order valence-corrected chi connectivity index (χ4v) is 3.54. The van der Waals surface area contributed by atoms with Crippen molar-refractivity contribution in [1.82, 2.24) is 14.5 Å². The quantitative estimate of drug-likeness (QED) is 0.237. The number of aliphatic hydroxyl groups is 1. The molecule has 2 aromatic heterocycles. The van der Waals surface area contributed by atoms with Crippen molar-refractivity contribution < 1.29 is 5.11 Å². The minimum atomic E-state index is -0.156. The zero-order chi connectivity index (χ0) is 24.8. The molecule has 4 rings (SSSR count). The van der Waals surface area contributed by atoms with E-state index in [1.54, 1.807) is 23.0 Å². The molecule has 7 nitrogen and oxygen atoms in total. The molecule has 7 heteroatoms. The Kier molecular flexibility index (Phi) is 7.16. The summed E-state index contributed by atoms with van der Waals surface area (Å²) < 4.78 is 1.62. The second kappa shape index (κ2) is 10.6. The number of benzene rings is 2. The summed E-state index contributed by atoms with van der Waals surface area (Å²) in [7, 11) is 0. The molecule has 0 atom stereocenters. The molecular formula is C28H27N5O2. The Morgan fingerprint density at radius 3 is 2.51 bits per heavy atom. The molecule has 176 valence electrons. The molecular weight excluding hydrogens is 438 g/mol. The Balaban J connectivity index is 1.48. The second-order valence-electron chi connectivity index (χ2n) is 8.41. The summed E-state index contributed by atoms with van der Waals surface area (Å²) in [5, 5.41) is 22.4. The van der Waals surface area contributed by atoms with Crippen molar-refractivity contribution in [1.29, 1.82) is 5.41 Å². The van der Waals surface area contributed by atoms with E-state index in [0.717, 1.165) is 16.8 Å². The summed E-state index contributed by atoms with van der Waals surface area (Å²) in [6.07, 6.45) is 6.12. The first-order valence-corrected chi connectivity index (χ1v) is 11.3. The highest BCUT2D eigenvalue weighted by Crippen LogP contribution is 2.19. The van der Waals surface area contributed by atoms with E-state index >= 15 is 0 Å². The minimum absolute atomic E-state index is 0.00729. The van der Waals surface area contributed by atoms with Crippen molar-refractivity contribution in [3.8, 4) is 11.3 Å². The molecule has 4 aromatic rings. The standard InChI is InChI=1S/C28H27N5O2/c1-19(2)33-18-22(12-13-28(33)35)25-16-30-17-26(32-25)27(34)14-24(29)21-10-8-20(9-11-21)15-31-23-6-4-3-5-7-23/h3-14,16-19,29,31,34H,15H2,1-2H3/b27-14-,29-24?. The predicted octanol–water partition coefficient (Wildman–Crippen LogP) is 5.47. The highest BCUT2D eigenvalue weighted by atomic mass is 16.3. The molecule has 0 aliphatic heterocycles. The number of rotatable bonds is 8. The lowest BCUT2D eigenvalue weighted by molar-refractivity contribution is 0.508. The van der Waals surface area contributed by atoms with E-state index in [9.17, 15) is 9.90 Å². The maximum atomic E-state index is 12.0. The van der Waals surface area contributed by atoms with Crippen LogP contribution in [0.15, 0.2) is 96.2 Å². The van der Waals surface area contributed by atoms with E-state index in [2.05, 4.69) is 15.3 Å². The van der Waals surface area contributed by atoms with Crippen LogP contribution in [0.4, 0.5) is 5.69 Å². The molecule has 0 fully saturated rings. The van der Waals surface area contributed by atoms with Gasteiger partial charge in [0.2, 0.25) is 0 Å². The third-order valence-electron chi connectivity index (χ3n) is 5.50. The van der Waals surface area contributed by atoms with Crippen molar-refractivity contribution >= 4 is 17.2 Å². The van der Waals surface area contributed by atoms with Gasteiger partial charge in [0.15, 0.2) is 0 Å². The molecule has 35 heavy (non-hydrogen) atoms. The Morgan fingerprint density at radius 2 is 1.80 bits per heavy atom. The monoisotopic (exact) mass is 465 g/mol. The smallest absolute Gasteiger partial charge is 0.250 e. The largest absolute Gasteiger partial charge is 0.506 e. The van der Waals surface area contributed by atoms with Crippen LogP contribution in [-0.4, -0.2) is 25.4 Å². The van der Waals surface area contributed by atoms with Gasteiger partial charge in [0.05, 0.1) is 23.8 Å². The van der Waals surface area contributed by atoms with Crippen LogP contribution in [-0.2, 0) is 6.54 Å². The Hall–Kier alpha value is -4.52. The molecule has 0 amide bonds. The summed E-state index contributed by atoms with van der Waals surface area (Å²) in [4.78, 5) is 20.7. The van der Waals surface area contributed by atoms with Gasteiger partial charge in [-0.3, -0.25) is 9.78 Å². The Labute approximate surface area is 204 Å². The van der Waals surface area contributed by atoms with Gasteiger partial charge in [0, 0.05) is 42.2 Å². The van der Waals surface area contributed by atoms with Gasteiger partial charge in [0.25, 0.3) is 5.56 Å². The van der Waals surface area contributed by atoms with Crippen molar-refractivity contribution in [2.45, 2.75) is 26.4 Å². The highest BCUT2D eigenvalue weighted by Gasteiger charge is 2.10. The lowest BCUT2D eigenvalue weighted by Gasteiger charge is -2.11. The first-order valence-electron chi connectivity index (χ1n) is 11.3. The molecule has 0 saturated heterocycles. The summed E-state index contributed by atoms with van der Waals surface area (Å²) in [6, 6.07) is 20.8. The molecule has 0 radical (unpaired) electrons. The predicted molar refractivity (Wildman–Crippen MR) is 140 cm³/mol. The van der Waals surface area contributed by atoms with Crippen molar-refractivity contribution in [2.75, 3.05) is 5.32 Å². The zero-order valence-corrected chi connectivity index (χ0v) is 19.6. The number of aliphatic hydroxyl groups excluding tert-OH is 1. The van der Waals surface area contributed by atoms with Crippen LogP contribution < -0.4 is 10.9 Å². The number of hydrogen-bond acceptors (Lipinski definition) is 6. The number of nitrogens with one attached hydrogen (secondary N) is 2. The lowest BCUT2D eigenvalue weighted by atomic mass is 10.1. The number of para-hydroxylation sites is 1. The van der Waals surface area contributed by atoms with Gasteiger partial charge in [-0.1, -0.05) is 42.5 Å². The number of pyridine rings is 1. The van der Waals surface area contributed by atoms with Gasteiger partial charge in [0.1, 0.15) is 11.5 Å². The van der Waals surface area contributed by atoms with E-state index in [-0.39, 0.29) is 28.8 Å². The van der Waals surface area contributed by atoms with Crippen LogP contribution in [0.2, 0.25) is 0 Å². The van der Waals surface area contributed by atoms with Crippen LogP contribution >= 0.6 is 0 Å². The summed E-state index contributed by atoms with van der Waals surface area (Å²) in [5.41, 5.74) is 4.36. The van der Waals surface area contributed by atoms with E-state index in [0.29, 0.717) is 17.8 Å². The highest BCUT2D eigenvalue weighted by molar-refractivity contribution is 6.09. The van der Waals surface area contributed by atoms with Gasteiger partial charge >= 0.3 is 0 Å². The average molecular weight is 466 g/mol. The maximum absolute atomic E-state index is 12.0. The first-order chi connectivity index (χ1) is 16.9. The lowest BCUT2D eigenvalue weighted by Crippen LogP contribution is -2.20. The molecule has 0 aliphatic carbocycles. The summed E-state index contributed by atoms with van der Waals surface area (Å²) >= 11 is 0. The average Bonchev–Trinajstić information content (AvgIpc) is 2.88. The van der Waals surface area contributed by atoms with Crippen LogP contribution in [0, 0.1) is 5.41 Å². The fourth-order valence-electron chi connectivity index (χ4n) is 3.54. The van der Waals surface area contributed by atoms with Crippen molar-refractivity contribution in [3.05, 3.63) is 119 Å². The van der Waals surface area contributed by atoms with Gasteiger partial charge in [-0.15, -0.1) is 0 Å². The van der Waals surface area contributed by atoms with Gasteiger partial charge in [-0.2, -0.15) is 0 Å². The fraction of sp³-hybridized carbons (Fsp3) is 0.143. The molecule has 2 aromatic carbocycles. The summed E-state index contributed by atoms with van der Waals surface area (Å²) in [5.74, 6) is -0.156. The van der Waals surface area contributed by atoms with E-state index in [4.69, 9.17) is 5.41 Å². The molecule has 0 saturated carbocycles. The number of aromatic nitrogens is 3. The Bertz CT molecular complexity index is 1410. The molecule has 2 heterocycles. The minimum Gasteiger partial charge on any atom is -0.506 e.